The number of nitrogens with one attached hydrogen (secondary N) is 1. The van der Waals surface area contributed by atoms with Gasteiger partial charge in [-0.05, 0) is 24.6 Å². The number of nitrogens with two attached hydrogens (primary N) is 1. The number of nitrogens with zero attached hydrogens (tertiary/aromatic N) is 2. The summed E-state index contributed by atoms with van der Waals surface area (Å²) in [6.45, 7) is 1.86. The molecule has 0 spiro atoms. The Hall–Kier alpha value is -1.85. The molecular formula is C12H13FN4. The topological polar surface area (TPSA) is 63.8 Å². The fourth-order valence-electron chi connectivity index (χ4n) is 1.56. The van der Waals surface area contributed by atoms with Crippen molar-refractivity contribution in [2.24, 2.45) is 5.84 Å². The Morgan fingerprint density at radius 3 is 2.41 bits per heavy atom. The summed E-state index contributed by atoms with van der Waals surface area (Å²) in [5.74, 6) is 5.22. The first-order valence-electron chi connectivity index (χ1n) is 5.21. The van der Waals surface area contributed by atoms with Crippen LogP contribution in [0.15, 0.2) is 36.7 Å². The van der Waals surface area contributed by atoms with Gasteiger partial charge in [-0.3, -0.25) is 15.8 Å². The predicted molar refractivity (Wildman–Crippen MR) is 62.3 cm³/mol. The van der Waals surface area contributed by atoms with Crippen molar-refractivity contribution in [3.8, 4) is 0 Å². The quantitative estimate of drug-likeness (QED) is 0.621. The highest BCUT2D eigenvalue weighted by molar-refractivity contribution is 5.26. The highest BCUT2D eigenvalue weighted by Gasteiger charge is 2.13. The summed E-state index contributed by atoms with van der Waals surface area (Å²) >= 11 is 0. The third-order valence-electron chi connectivity index (χ3n) is 2.47. The van der Waals surface area contributed by atoms with Gasteiger partial charge in [-0.15, -0.1) is 0 Å². The molecule has 0 aliphatic rings. The summed E-state index contributed by atoms with van der Waals surface area (Å²) in [4.78, 5) is 8.41. The van der Waals surface area contributed by atoms with E-state index in [2.05, 4.69) is 15.4 Å². The highest BCUT2D eigenvalue weighted by Crippen LogP contribution is 2.19. The normalized spacial score (nSPS) is 12.4. The minimum Gasteiger partial charge on any atom is -0.271 e. The molecule has 1 aromatic heterocycles. The first-order chi connectivity index (χ1) is 8.20. The van der Waals surface area contributed by atoms with E-state index in [0.29, 0.717) is 5.69 Å². The van der Waals surface area contributed by atoms with Gasteiger partial charge in [0.2, 0.25) is 0 Å². The van der Waals surface area contributed by atoms with Crippen LogP contribution in [0.2, 0.25) is 0 Å². The molecule has 3 N–H and O–H groups in total. The predicted octanol–water partition coefficient (Wildman–Crippen LogP) is 1.48. The molecular weight excluding hydrogens is 219 g/mol. The molecule has 4 nitrogen and oxygen atoms in total. The van der Waals surface area contributed by atoms with Gasteiger partial charge in [-0.2, -0.15) is 0 Å². The van der Waals surface area contributed by atoms with E-state index in [1.165, 1.54) is 12.1 Å². The van der Waals surface area contributed by atoms with Gasteiger partial charge < -0.3 is 0 Å². The Labute approximate surface area is 98.7 Å². The van der Waals surface area contributed by atoms with Gasteiger partial charge >= 0.3 is 0 Å². The van der Waals surface area contributed by atoms with Crippen LogP contribution in [-0.4, -0.2) is 9.97 Å². The number of aryl methyl sites for hydroxylation is 1. The number of hydrazine groups is 1. The summed E-state index contributed by atoms with van der Waals surface area (Å²) < 4.78 is 12.8. The van der Waals surface area contributed by atoms with Gasteiger partial charge in [0.1, 0.15) is 5.82 Å². The zero-order valence-corrected chi connectivity index (χ0v) is 9.39. The second-order valence-electron chi connectivity index (χ2n) is 3.73. The third kappa shape index (κ3) is 2.64. The van der Waals surface area contributed by atoms with Gasteiger partial charge in [0, 0.05) is 6.20 Å². The lowest BCUT2D eigenvalue weighted by atomic mass is 10.0. The monoisotopic (exact) mass is 232 g/mol. The number of benzene rings is 1. The number of rotatable bonds is 3. The molecule has 0 amide bonds. The zero-order chi connectivity index (χ0) is 12.3. The lowest BCUT2D eigenvalue weighted by molar-refractivity contribution is 0.605. The number of aromatic nitrogens is 2. The minimum absolute atomic E-state index is 0.278. The van der Waals surface area contributed by atoms with Crippen molar-refractivity contribution in [2.45, 2.75) is 13.0 Å². The maximum Gasteiger partial charge on any atom is 0.123 e. The Bertz CT molecular complexity index is 435. The van der Waals surface area contributed by atoms with Gasteiger partial charge in [-0.25, -0.2) is 9.82 Å². The molecule has 2 aromatic rings. The van der Waals surface area contributed by atoms with Gasteiger partial charge in [-0.1, -0.05) is 12.1 Å². The minimum atomic E-state index is -0.288. The Kier molecular flexibility index (Phi) is 3.41. The molecule has 1 aromatic carbocycles. The molecule has 17 heavy (non-hydrogen) atoms. The van der Waals surface area contributed by atoms with Gasteiger partial charge in [0.15, 0.2) is 0 Å². The molecule has 5 heteroatoms. The first-order valence-corrected chi connectivity index (χ1v) is 5.21. The molecule has 88 valence electrons. The summed E-state index contributed by atoms with van der Waals surface area (Å²) in [5, 5.41) is 0. The summed E-state index contributed by atoms with van der Waals surface area (Å²) in [5.41, 5.74) is 5.02. The Balaban J connectivity index is 2.33. The van der Waals surface area contributed by atoms with Crippen molar-refractivity contribution < 1.29 is 4.39 Å². The molecule has 1 heterocycles. The summed E-state index contributed by atoms with van der Waals surface area (Å²) in [7, 11) is 0. The van der Waals surface area contributed by atoms with Crippen LogP contribution in [0.3, 0.4) is 0 Å². The number of hydrogen-bond donors (Lipinski definition) is 2. The van der Waals surface area contributed by atoms with Crippen molar-refractivity contribution >= 4 is 0 Å². The largest absolute Gasteiger partial charge is 0.271 e. The van der Waals surface area contributed by atoms with Gasteiger partial charge in [0.25, 0.3) is 0 Å². The number of halogens is 1. The van der Waals surface area contributed by atoms with E-state index in [4.69, 9.17) is 5.84 Å². The highest BCUT2D eigenvalue weighted by atomic mass is 19.1. The Morgan fingerprint density at radius 1 is 1.18 bits per heavy atom. The van der Waals surface area contributed by atoms with Crippen molar-refractivity contribution in [3.05, 3.63) is 59.4 Å². The van der Waals surface area contributed by atoms with E-state index in [9.17, 15) is 4.39 Å². The second-order valence-corrected chi connectivity index (χ2v) is 3.73. The lowest BCUT2D eigenvalue weighted by Gasteiger charge is -2.15. The van der Waals surface area contributed by atoms with Crippen LogP contribution in [0.5, 0.6) is 0 Å². The van der Waals surface area contributed by atoms with E-state index in [1.54, 1.807) is 24.5 Å². The molecule has 1 unspecified atom stereocenters. The van der Waals surface area contributed by atoms with Crippen molar-refractivity contribution in [1.82, 2.24) is 15.4 Å². The van der Waals surface area contributed by atoms with Crippen LogP contribution < -0.4 is 11.3 Å². The lowest BCUT2D eigenvalue weighted by Crippen LogP contribution is -2.29. The van der Waals surface area contributed by atoms with Gasteiger partial charge in [0.05, 0.1) is 23.6 Å². The molecule has 0 bridgehead atoms. The van der Waals surface area contributed by atoms with E-state index in [1.807, 2.05) is 6.92 Å². The molecule has 0 aliphatic carbocycles. The average Bonchev–Trinajstić information content (AvgIpc) is 2.35. The van der Waals surface area contributed by atoms with Crippen LogP contribution in [0, 0.1) is 12.7 Å². The van der Waals surface area contributed by atoms with E-state index in [0.717, 1.165) is 11.3 Å². The third-order valence-corrected chi connectivity index (χ3v) is 2.47. The van der Waals surface area contributed by atoms with E-state index < -0.39 is 0 Å². The van der Waals surface area contributed by atoms with E-state index in [-0.39, 0.29) is 11.9 Å². The molecule has 2 rings (SSSR count). The molecule has 0 fully saturated rings. The van der Waals surface area contributed by atoms with Crippen molar-refractivity contribution in [3.63, 3.8) is 0 Å². The smallest absolute Gasteiger partial charge is 0.123 e. The SMILES string of the molecule is Cc1cnc(C(NN)c2ccc(F)cc2)cn1. The van der Waals surface area contributed by atoms with Crippen molar-refractivity contribution in [1.29, 1.82) is 0 Å². The maximum absolute atomic E-state index is 12.8. The summed E-state index contributed by atoms with van der Waals surface area (Å²) in [6, 6.07) is 5.83. The Morgan fingerprint density at radius 2 is 1.88 bits per heavy atom. The average molecular weight is 232 g/mol. The molecule has 0 saturated carbocycles. The zero-order valence-electron chi connectivity index (χ0n) is 9.39. The van der Waals surface area contributed by atoms with Crippen LogP contribution >= 0.6 is 0 Å². The molecule has 0 saturated heterocycles. The molecule has 0 radical (unpaired) electrons. The standard InChI is InChI=1S/C12H13FN4/c1-8-6-16-11(7-15-8)12(17-14)9-2-4-10(13)5-3-9/h2-7,12,17H,14H2,1H3. The first kappa shape index (κ1) is 11.6. The fraction of sp³-hybridized carbons (Fsp3) is 0.167. The van der Waals surface area contributed by atoms with Crippen LogP contribution in [0.25, 0.3) is 0 Å². The maximum atomic E-state index is 12.8. The molecule has 0 aliphatic heterocycles. The van der Waals surface area contributed by atoms with E-state index >= 15 is 0 Å². The summed E-state index contributed by atoms with van der Waals surface area (Å²) in [6.07, 6.45) is 3.33. The fourth-order valence-corrected chi connectivity index (χ4v) is 1.56. The van der Waals surface area contributed by atoms with Crippen LogP contribution in [0.1, 0.15) is 23.0 Å². The molecule has 1 atom stereocenters. The van der Waals surface area contributed by atoms with Crippen molar-refractivity contribution in [2.75, 3.05) is 0 Å². The number of hydrogen-bond acceptors (Lipinski definition) is 4. The second kappa shape index (κ2) is 4.99. The van der Waals surface area contributed by atoms with Crippen LogP contribution in [-0.2, 0) is 0 Å². The van der Waals surface area contributed by atoms with Crippen LogP contribution in [0.4, 0.5) is 4.39 Å².